The molecular formula is C56H51N5OPt. The summed E-state index contributed by atoms with van der Waals surface area (Å²) in [4.78, 5) is 5.08. The zero-order valence-electron chi connectivity index (χ0n) is 37.3. The van der Waals surface area contributed by atoms with E-state index in [-0.39, 0.29) is 37.8 Å². The molecule has 0 N–H and O–H groups in total. The number of para-hydroxylation sites is 3. The third kappa shape index (κ3) is 7.19. The van der Waals surface area contributed by atoms with Crippen LogP contribution in [0, 0.1) is 19.1 Å². The topological polar surface area (TPSA) is 49.8 Å². The summed E-state index contributed by atoms with van der Waals surface area (Å²) in [7, 11) is 0. The molecule has 0 unspecified atom stereocenters. The first kappa shape index (κ1) is 42.1. The van der Waals surface area contributed by atoms with Gasteiger partial charge in [-0.2, -0.15) is 17.2 Å². The molecule has 6 aromatic carbocycles. The largest absolute Gasteiger partial charge is 2.00 e. The Labute approximate surface area is 384 Å². The maximum atomic E-state index is 6.64. The summed E-state index contributed by atoms with van der Waals surface area (Å²) < 4.78 is 13.4. The molecule has 0 aliphatic rings. The molecule has 0 spiro atoms. The molecule has 10 aromatic rings. The molecule has 4 heterocycles. The second-order valence-corrected chi connectivity index (χ2v) is 18.8. The zero-order chi connectivity index (χ0) is 43.1. The minimum absolute atomic E-state index is 0. The zero-order valence-corrected chi connectivity index (χ0v) is 39.6. The summed E-state index contributed by atoms with van der Waals surface area (Å²) >= 11 is 0. The number of rotatable bonds is 7. The molecule has 4 aromatic heterocycles. The van der Waals surface area contributed by atoms with Crippen LogP contribution in [0.5, 0.6) is 11.5 Å². The number of ether oxygens (including phenoxy) is 1. The molecule has 0 saturated carbocycles. The van der Waals surface area contributed by atoms with Gasteiger partial charge < -0.3 is 13.9 Å². The fourth-order valence-corrected chi connectivity index (χ4v) is 9.39. The van der Waals surface area contributed by atoms with Gasteiger partial charge in [-0.3, -0.25) is 4.68 Å². The molecule has 0 aliphatic carbocycles. The normalized spacial score (nSPS) is 12.2. The van der Waals surface area contributed by atoms with Crippen molar-refractivity contribution in [1.82, 2.24) is 23.9 Å². The molecule has 0 atom stereocenters. The number of hydrogen-bond donors (Lipinski definition) is 0. The minimum atomic E-state index is -0.0856. The molecule has 316 valence electrons. The number of nitrogens with zero attached hydrogens (tertiary/aromatic N) is 5. The quantitative estimate of drug-likeness (QED) is 0.150. The van der Waals surface area contributed by atoms with E-state index in [1.807, 2.05) is 41.2 Å². The summed E-state index contributed by atoms with van der Waals surface area (Å²) in [6, 6.07) is 54.2. The van der Waals surface area contributed by atoms with Crippen molar-refractivity contribution in [1.29, 1.82) is 0 Å². The standard InChI is InChI=1S/C56H51N5O.Pt/c1-35(2)52-51(37-18-11-10-12-19-37)36(3)58-61(52)39-20-15-21-40(32-39)62-41-28-29-43-42-22-13-14-27-48(42)60(49(43)34-41)50-33-38(30-31-57-50)59-53-44(23-16-25-46(53)55(4,5)6)45-24-17-26-47(54(45)59)56(7,8)9;/h10-31,33,35H,1-9H3;/q-2;+2. The van der Waals surface area contributed by atoms with E-state index in [4.69, 9.17) is 14.8 Å². The van der Waals surface area contributed by atoms with E-state index in [1.54, 1.807) is 0 Å². The van der Waals surface area contributed by atoms with E-state index in [0.29, 0.717) is 11.5 Å². The van der Waals surface area contributed by atoms with Gasteiger partial charge in [0.1, 0.15) is 5.82 Å². The van der Waals surface area contributed by atoms with E-state index in [9.17, 15) is 0 Å². The van der Waals surface area contributed by atoms with Crippen LogP contribution in [0.2, 0.25) is 0 Å². The van der Waals surface area contributed by atoms with E-state index in [0.717, 1.165) is 61.5 Å². The van der Waals surface area contributed by atoms with Crippen LogP contribution in [-0.4, -0.2) is 23.9 Å². The van der Waals surface area contributed by atoms with E-state index in [2.05, 4.69) is 187 Å². The van der Waals surface area contributed by atoms with Crippen molar-refractivity contribution in [3.8, 4) is 39.8 Å². The molecule has 0 radical (unpaired) electrons. The van der Waals surface area contributed by atoms with Crippen molar-refractivity contribution < 1.29 is 25.8 Å². The molecule has 10 rings (SSSR count). The number of hydrogen-bond acceptors (Lipinski definition) is 3. The predicted octanol–water partition coefficient (Wildman–Crippen LogP) is 14.5. The van der Waals surface area contributed by atoms with Crippen LogP contribution >= 0.6 is 0 Å². The molecule has 0 bridgehead atoms. The summed E-state index contributed by atoms with van der Waals surface area (Å²) in [6.45, 7) is 20.3. The summed E-state index contributed by atoms with van der Waals surface area (Å²) in [6.07, 6.45) is 1.94. The number of pyridine rings is 1. The maximum Gasteiger partial charge on any atom is 2.00 e. The van der Waals surface area contributed by atoms with Crippen molar-refractivity contribution in [3.63, 3.8) is 0 Å². The van der Waals surface area contributed by atoms with E-state index < -0.39 is 0 Å². The first-order valence-electron chi connectivity index (χ1n) is 21.6. The Morgan fingerprint density at radius 3 is 1.89 bits per heavy atom. The second-order valence-electron chi connectivity index (χ2n) is 18.8. The maximum absolute atomic E-state index is 6.64. The van der Waals surface area contributed by atoms with Crippen molar-refractivity contribution in [2.75, 3.05) is 0 Å². The van der Waals surface area contributed by atoms with Crippen LogP contribution < -0.4 is 4.74 Å². The average molecular weight is 1010 g/mol. The number of aromatic nitrogens is 5. The molecule has 0 aliphatic heterocycles. The third-order valence-corrected chi connectivity index (χ3v) is 12.1. The second kappa shape index (κ2) is 15.8. The molecule has 63 heavy (non-hydrogen) atoms. The Kier molecular flexibility index (Phi) is 10.6. The Morgan fingerprint density at radius 1 is 0.603 bits per heavy atom. The molecule has 0 amide bonds. The van der Waals surface area contributed by atoms with Gasteiger partial charge in [-0.05, 0) is 63.6 Å². The Bertz CT molecular complexity index is 3270. The summed E-state index contributed by atoms with van der Waals surface area (Å²) in [5.41, 5.74) is 13.1. The van der Waals surface area contributed by atoms with Gasteiger partial charge in [0.2, 0.25) is 0 Å². The Morgan fingerprint density at radius 2 is 1.22 bits per heavy atom. The van der Waals surface area contributed by atoms with Gasteiger partial charge in [-0.15, -0.1) is 35.7 Å². The molecular weight excluding hydrogens is 954 g/mol. The monoisotopic (exact) mass is 1000 g/mol. The third-order valence-electron chi connectivity index (χ3n) is 12.1. The molecule has 7 heteroatoms. The summed E-state index contributed by atoms with van der Waals surface area (Å²) in [5, 5.41) is 9.74. The number of aryl methyl sites for hydroxylation is 1. The first-order chi connectivity index (χ1) is 29.8. The van der Waals surface area contributed by atoms with Gasteiger partial charge in [0, 0.05) is 45.6 Å². The van der Waals surface area contributed by atoms with E-state index in [1.165, 1.54) is 32.9 Å². The van der Waals surface area contributed by atoms with Crippen molar-refractivity contribution in [2.24, 2.45) is 0 Å². The SMILES string of the molecule is Cc1nn(-c2[c-]c(Oc3[c-]c4c(cc3)c3ccccc3n4-c3cc(-n4c5c(C(C)(C)C)cccc5c5cccc(C(C)(C)C)c54)ccn3)ccc2)c(C(C)C)c1-c1ccccc1.[Pt+2]. The van der Waals surface area contributed by atoms with E-state index >= 15 is 0 Å². The Balaban J connectivity index is 0.00000504. The van der Waals surface area contributed by atoms with Crippen LogP contribution in [0.25, 0.3) is 71.9 Å². The van der Waals surface area contributed by atoms with Crippen molar-refractivity contribution in [2.45, 2.75) is 79.1 Å². The summed E-state index contributed by atoms with van der Waals surface area (Å²) in [5.74, 6) is 2.20. The predicted molar refractivity (Wildman–Crippen MR) is 256 cm³/mol. The van der Waals surface area contributed by atoms with Crippen LogP contribution in [-0.2, 0) is 31.9 Å². The van der Waals surface area contributed by atoms with Gasteiger partial charge in [0.05, 0.1) is 28.1 Å². The van der Waals surface area contributed by atoms with Gasteiger partial charge >= 0.3 is 21.1 Å². The van der Waals surface area contributed by atoms with Gasteiger partial charge in [0.15, 0.2) is 0 Å². The average Bonchev–Trinajstić information content (AvgIpc) is 3.90. The smallest absolute Gasteiger partial charge is 0.509 e. The van der Waals surface area contributed by atoms with Crippen molar-refractivity contribution >= 4 is 43.6 Å². The molecule has 0 fully saturated rings. The van der Waals surface area contributed by atoms with Crippen LogP contribution in [0.3, 0.4) is 0 Å². The number of benzene rings is 6. The minimum Gasteiger partial charge on any atom is -0.509 e. The van der Waals surface area contributed by atoms with Crippen molar-refractivity contribution in [3.05, 3.63) is 174 Å². The van der Waals surface area contributed by atoms with Crippen LogP contribution in [0.4, 0.5) is 0 Å². The van der Waals surface area contributed by atoms with Gasteiger partial charge in [0.25, 0.3) is 0 Å². The van der Waals surface area contributed by atoms with Gasteiger partial charge in [-0.1, -0.05) is 146 Å². The molecule has 0 saturated heterocycles. The number of fused-ring (bicyclic) bond motifs is 6. The van der Waals surface area contributed by atoms with Crippen LogP contribution in [0.15, 0.2) is 140 Å². The molecule has 6 nitrogen and oxygen atoms in total. The first-order valence-corrected chi connectivity index (χ1v) is 21.6. The Hall–Kier alpha value is -6.23. The van der Waals surface area contributed by atoms with Crippen LogP contribution in [0.1, 0.15) is 83.8 Å². The van der Waals surface area contributed by atoms with Gasteiger partial charge in [-0.25, -0.2) is 4.98 Å². The fourth-order valence-electron chi connectivity index (χ4n) is 9.39. The fraction of sp³-hybridized carbons (Fsp3) is 0.214.